The lowest BCUT2D eigenvalue weighted by atomic mass is 10.3. The Balaban J connectivity index is 4.71. The van der Waals surface area contributed by atoms with Gasteiger partial charge in [-0.1, -0.05) is 0 Å². The van der Waals surface area contributed by atoms with Crippen LogP contribution in [0.5, 0.6) is 0 Å². The standard InChI is InChI=1S/C7H17ClNO3P/c1-6(2)9(7(3)5-8)13(10,11)12-4/h6-7H,5H2,1-4H3,(H,10,11)/p+1. The highest BCUT2D eigenvalue weighted by atomic mass is 35.5. The van der Waals surface area contributed by atoms with Crippen LogP contribution >= 0.6 is 19.3 Å². The molecular weight excluding hydrogens is 213 g/mol. The predicted molar refractivity (Wildman–Crippen MR) is 53.1 cm³/mol. The highest BCUT2D eigenvalue weighted by Gasteiger charge is 2.39. The lowest BCUT2D eigenvalue weighted by Crippen LogP contribution is -3.14. The summed E-state index contributed by atoms with van der Waals surface area (Å²) in [7, 11) is -2.34. The number of alkyl halides is 1. The van der Waals surface area contributed by atoms with E-state index in [-0.39, 0.29) is 12.1 Å². The summed E-state index contributed by atoms with van der Waals surface area (Å²) in [6.07, 6.45) is 0. The number of nitrogens with one attached hydrogen (secondary N) is 1. The molecule has 0 aromatic carbocycles. The molecular formula is C7H18ClNO3P+. The summed E-state index contributed by atoms with van der Waals surface area (Å²) >= 11 is 5.65. The van der Waals surface area contributed by atoms with Crippen molar-refractivity contribution in [2.24, 2.45) is 0 Å². The number of hydrogen-bond donors (Lipinski definition) is 2. The van der Waals surface area contributed by atoms with Gasteiger partial charge in [0.2, 0.25) is 0 Å². The predicted octanol–water partition coefficient (Wildman–Crippen LogP) is 0.654. The summed E-state index contributed by atoms with van der Waals surface area (Å²) in [5, 5.41) is 0. The Labute approximate surface area is 84.4 Å². The van der Waals surface area contributed by atoms with E-state index in [1.54, 1.807) is 0 Å². The SMILES string of the molecule is COP(=O)(O)[NH+](C(C)C)C(C)CCl. The van der Waals surface area contributed by atoms with E-state index in [9.17, 15) is 9.46 Å². The third-order valence-electron chi connectivity index (χ3n) is 1.90. The fourth-order valence-corrected chi connectivity index (χ4v) is 3.14. The first-order valence-electron chi connectivity index (χ1n) is 4.18. The van der Waals surface area contributed by atoms with Gasteiger partial charge in [-0.3, -0.25) is 9.42 Å². The van der Waals surface area contributed by atoms with Crippen LogP contribution in [0.4, 0.5) is 0 Å². The zero-order chi connectivity index (χ0) is 10.6. The minimum atomic E-state index is -3.58. The third kappa shape index (κ3) is 3.56. The fraction of sp³-hybridized carbons (Fsp3) is 1.00. The van der Waals surface area contributed by atoms with Gasteiger partial charge < -0.3 is 0 Å². The molecule has 4 nitrogen and oxygen atoms in total. The molecule has 0 amide bonds. The largest absolute Gasteiger partial charge is 0.527 e. The quantitative estimate of drug-likeness (QED) is 0.539. The summed E-state index contributed by atoms with van der Waals surface area (Å²) in [6.45, 7) is 5.55. The van der Waals surface area contributed by atoms with Crippen molar-refractivity contribution in [1.29, 1.82) is 0 Å². The molecule has 3 unspecified atom stereocenters. The molecule has 0 aromatic rings. The van der Waals surface area contributed by atoms with Gasteiger partial charge >= 0.3 is 7.75 Å². The van der Waals surface area contributed by atoms with E-state index in [0.717, 1.165) is 0 Å². The number of rotatable bonds is 5. The fourth-order valence-electron chi connectivity index (χ4n) is 1.36. The Morgan fingerprint density at radius 3 is 2.23 bits per heavy atom. The molecule has 0 radical (unpaired) electrons. The van der Waals surface area contributed by atoms with Crippen LogP contribution in [0.1, 0.15) is 20.8 Å². The second-order valence-corrected chi connectivity index (χ2v) is 5.57. The summed E-state index contributed by atoms with van der Waals surface area (Å²) in [6, 6.07) is -0.0954. The molecule has 0 bridgehead atoms. The van der Waals surface area contributed by atoms with E-state index >= 15 is 0 Å². The van der Waals surface area contributed by atoms with Crippen molar-refractivity contribution in [3.8, 4) is 0 Å². The first-order valence-corrected chi connectivity index (χ1v) is 6.29. The average Bonchev–Trinajstić information content (AvgIpc) is 2.03. The second kappa shape index (κ2) is 5.32. The second-order valence-electron chi connectivity index (χ2n) is 3.34. The Kier molecular flexibility index (Phi) is 5.49. The van der Waals surface area contributed by atoms with Gasteiger partial charge in [-0.15, -0.1) is 11.6 Å². The molecule has 0 aliphatic carbocycles. The van der Waals surface area contributed by atoms with Crippen LogP contribution in [-0.4, -0.2) is 30.0 Å². The smallest absolute Gasteiger partial charge is 0.279 e. The van der Waals surface area contributed by atoms with Crippen molar-refractivity contribution >= 4 is 19.3 Å². The van der Waals surface area contributed by atoms with E-state index in [1.807, 2.05) is 20.8 Å². The van der Waals surface area contributed by atoms with Crippen LogP contribution in [0.25, 0.3) is 0 Å². The zero-order valence-corrected chi connectivity index (χ0v) is 10.1. The molecule has 80 valence electrons. The number of hydrogen-bond acceptors (Lipinski definition) is 2. The molecule has 0 rings (SSSR count). The summed E-state index contributed by atoms with van der Waals surface area (Å²) < 4.78 is 16.7. The Bertz CT molecular complexity index is 200. The molecule has 0 saturated heterocycles. The van der Waals surface area contributed by atoms with Crippen LogP contribution in [0, 0.1) is 0 Å². The van der Waals surface area contributed by atoms with Gasteiger partial charge in [0, 0.05) is 0 Å². The maximum absolute atomic E-state index is 11.6. The van der Waals surface area contributed by atoms with Gasteiger partial charge in [0.1, 0.15) is 6.04 Å². The Morgan fingerprint density at radius 2 is 2.00 bits per heavy atom. The topological polar surface area (TPSA) is 51.0 Å². The Morgan fingerprint density at radius 1 is 1.54 bits per heavy atom. The first kappa shape index (κ1) is 13.4. The monoisotopic (exact) mass is 230 g/mol. The summed E-state index contributed by atoms with van der Waals surface area (Å²) in [4.78, 5) is 9.49. The molecule has 0 aliphatic heterocycles. The molecule has 0 saturated carbocycles. The van der Waals surface area contributed by atoms with Crippen LogP contribution in [-0.2, 0) is 9.09 Å². The molecule has 0 aromatic heterocycles. The van der Waals surface area contributed by atoms with Crippen LogP contribution in [0.3, 0.4) is 0 Å². The van der Waals surface area contributed by atoms with Gasteiger partial charge in [0.15, 0.2) is 0 Å². The molecule has 2 N–H and O–H groups in total. The third-order valence-corrected chi connectivity index (χ3v) is 4.47. The van der Waals surface area contributed by atoms with Gasteiger partial charge in [0.25, 0.3) is 0 Å². The highest BCUT2D eigenvalue weighted by Crippen LogP contribution is 2.30. The lowest BCUT2D eigenvalue weighted by molar-refractivity contribution is -0.833. The summed E-state index contributed by atoms with van der Waals surface area (Å²) in [5.41, 5.74) is 0. The molecule has 0 fully saturated rings. The van der Waals surface area contributed by atoms with Crippen molar-refractivity contribution in [2.75, 3.05) is 13.0 Å². The van der Waals surface area contributed by atoms with E-state index in [1.165, 1.54) is 7.11 Å². The van der Waals surface area contributed by atoms with E-state index in [0.29, 0.717) is 10.6 Å². The van der Waals surface area contributed by atoms with Gasteiger partial charge in [-0.25, -0.2) is 9.24 Å². The van der Waals surface area contributed by atoms with Gasteiger partial charge in [-0.2, -0.15) is 0 Å². The van der Waals surface area contributed by atoms with Crippen molar-refractivity contribution in [1.82, 2.24) is 0 Å². The normalized spacial score (nSPS) is 21.2. The molecule has 13 heavy (non-hydrogen) atoms. The van der Waals surface area contributed by atoms with Crippen LogP contribution in [0.2, 0.25) is 0 Å². The minimum absolute atomic E-state index is 0.00420. The van der Waals surface area contributed by atoms with Gasteiger partial charge in [0.05, 0.1) is 19.0 Å². The summed E-state index contributed by atoms with van der Waals surface area (Å²) in [5.74, 6) is 0.335. The van der Waals surface area contributed by atoms with Crippen molar-refractivity contribution in [3.63, 3.8) is 0 Å². The van der Waals surface area contributed by atoms with Gasteiger partial charge in [-0.05, 0) is 20.8 Å². The number of halogens is 1. The van der Waals surface area contributed by atoms with Crippen molar-refractivity contribution in [2.45, 2.75) is 32.9 Å². The van der Waals surface area contributed by atoms with E-state index in [2.05, 4.69) is 4.52 Å². The molecule has 0 spiro atoms. The van der Waals surface area contributed by atoms with Crippen LogP contribution < -0.4 is 4.67 Å². The number of quaternary nitrogens is 1. The van der Waals surface area contributed by atoms with Crippen molar-refractivity contribution < 1.29 is 18.7 Å². The zero-order valence-electron chi connectivity index (χ0n) is 8.45. The molecule has 0 heterocycles. The van der Waals surface area contributed by atoms with Crippen molar-refractivity contribution in [3.05, 3.63) is 0 Å². The first-order chi connectivity index (χ1) is 5.86. The Hall–Kier alpha value is 0.400. The maximum Gasteiger partial charge on any atom is 0.527 e. The van der Waals surface area contributed by atoms with E-state index in [4.69, 9.17) is 11.6 Å². The van der Waals surface area contributed by atoms with Crippen LogP contribution in [0.15, 0.2) is 0 Å². The molecule has 0 aliphatic rings. The van der Waals surface area contributed by atoms with E-state index < -0.39 is 7.75 Å². The highest BCUT2D eigenvalue weighted by molar-refractivity contribution is 7.45. The lowest BCUT2D eigenvalue weighted by Gasteiger charge is -2.29. The maximum atomic E-state index is 11.6. The molecule has 6 heteroatoms. The molecule has 3 atom stereocenters. The minimum Gasteiger partial charge on any atom is -0.279 e. The average molecular weight is 231 g/mol.